The number of benzene rings is 2. The first-order valence-electron chi connectivity index (χ1n) is 9.92. The van der Waals surface area contributed by atoms with Gasteiger partial charge in [0.05, 0.1) is 23.2 Å². The minimum atomic E-state index is -3.60. The minimum Gasteiger partial charge on any atom is -0.370 e. The Morgan fingerprint density at radius 2 is 1.64 bits per heavy atom. The molecule has 28 heavy (non-hydrogen) atoms. The number of sulfone groups is 1. The van der Waals surface area contributed by atoms with Crippen LogP contribution in [0.4, 0.5) is 0 Å². The number of ether oxygens (including phenoxy) is 2. The van der Waals surface area contributed by atoms with Crippen molar-refractivity contribution in [3.8, 4) is 0 Å². The quantitative estimate of drug-likeness (QED) is 0.747. The first-order chi connectivity index (χ1) is 13.3. The van der Waals surface area contributed by atoms with Crippen molar-refractivity contribution in [2.24, 2.45) is 5.92 Å². The van der Waals surface area contributed by atoms with Crippen molar-refractivity contribution in [3.05, 3.63) is 66.2 Å². The molecule has 2 fully saturated rings. The molecule has 2 aromatic rings. The van der Waals surface area contributed by atoms with Gasteiger partial charge in [0, 0.05) is 5.92 Å². The predicted octanol–water partition coefficient (Wildman–Crippen LogP) is 4.39. The molecule has 4 nitrogen and oxygen atoms in total. The van der Waals surface area contributed by atoms with Crippen LogP contribution in [0.1, 0.15) is 39.2 Å². The summed E-state index contributed by atoms with van der Waals surface area (Å²) in [5.41, 5.74) is 0.415. The Morgan fingerprint density at radius 3 is 2.29 bits per heavy atom. The second kappa shape index (κ2) is 6.97. The molecule has 5 heteroatoms. The van der Waals surface area contributed by atoms with Gasteiger partial charge >= 0.3 is 0 Å². The SMILES string of the molecule is C[C@H]1[C@@H]2CC[C@](C)(OCc3ccccc3)[C@@H](O2)[C@]1(C)S(=O)(=O)c1ccccc1. The van der Waals surface area contributed by atoms with Gasteiger partial charge in [-0.05, 0) is 44.4 Å². The van der Waals surface area contributed by atoms with Crippen molar-refractivity contribution >= 4 is 9.84 Å². The maximum Gasteiger partial charge on any atom is 0.186 e. The van der Waals surface area contributed by atoms with Crippen LogP contribution in [0.2, 0.25) is 0 Å². The maximum atomic E-state index is 13.7. The number of hydrogen-bond donors (Lipinski definition) is 0. The van der Waals surface area contributed by atoms with Gasteiger partial charge in [0.25, 0.3) is 0 Å². The molecule has 0 unspecified atom stereocenters. The molecule has 150 valence electrons. The molecule has 2 aliphatic heterocycles. The monoisotopic (exact) mass is 400 g/mol. The molecule has 5 atom stereocenters. The highest BCUT2D eigenvalue weighted by Crippen LogP contribution is 2.54. The van der Waals surface area contributed by atoms with E-state index in [0.29, 0.717) is 11.5 Å². The Hall–Kier alpha value is -1.69. The predicted molar refractivity (Wildman–Crippen MR) is 109 cm³/mol. The average molecular weight is 401 g/mol. The smallest absolute Gasteiger partial charge is 0.186 e. The van der Waals surface area contributed by atoms with Gasteiger partial charge in [0.15, 0.2) is 9.84 Å². The summed E-state index contributed by atoms with van der Waals surface area (Å²) in [5.74, 6) is -0.107. The molecule has 4 rings (SSSR count). The van der Waals surface area contributed by atoms with Crippen LogP contribution < -0.4 is 0 Å². The van der Waals surface area contributed by atoms with Crippen LogP contribution in [0.5, 0.6) is 0 Å². The molecular formula is C23H28O4S. The summed E-state index contributed by atoms with van der Waals surface area (Å²) in [5, 5.41) is 0. The molecule has 0 spiro atoms. The standard InChI is InChI=1S/C23H28O4S/c1-17-20-14-15-22(2,26-16-18-10-6-4-7-11-18)21(27-20)23(17,3)28(24,25)19-12-8-5-9-13-19/h4-13,17,20-21H,14-16H2,1-3H3/t17-,20-,21+,22-,23+/m0/s1. The Balaban J connectivity index is 1.69. The minimum absolute atomic E-state index is 0.0538. The van der Waals surface area contributed by atoms with Crippen LogP contribution in [-0.2, 0) is 25.9 Å². The molecule has 2 bridgehead atoms. The second-order valence-electron chi connectivity index (χ2n) is 8.47. The summed E-state index contributed by atoms with van der Waals surface area (Å²) >= 11 is 0. The molecule has 0 radical (unpaired) electrons. The van der Waals surface area contributed by atoms with Crippen molar-refractivity contribution in [1.29, 1.82) is 0 Å². The van der Waals surface area contributed by atoms with E-state index in [4.69, 9.17) is 9.47 Å². The number of rotatable bonds is 5. The van der Waals surface area contributed by atoms with Crippen LogP contribution in [0, 0.1) is 5.92 Å². The molecule has 2 heterocycles. The van der Waals surface area contributed by atoms with Crippen LogP contribution in [0.25, 0.3) is 0 Å². The zero-order chi connectivity index (χ0) is 20.0. The molecule has 0 amide bonds. The fraction of sp³-hybridized carbons (Fsp3) is 0.478. The maximum absolute atomic E-state index is 13.7. The highest BCUT2D eigenvalue weighted by Gasteiger charge is 2.66. The molecule has 2 saturated heterocycles. The molecule has 2 aliphatic rings. The normalized spacial score (nSPS) is 35.0. The molecule has 2 aromatic carbocycles. The largest absolute Gasteiger partial charge is 0.370 e. The lowest BCUT2D eigenvalue weighted by Crippen LogP contribution is -2.58. The van der Waals surface area contributed by atoms with Crippen LogP contribution in [0.15, 0.2) is 65.6 Å². The van der Waals surface area contributed by atoms with Gasteiger partial charge in [0.2, 0.25) is 0 Å². The third-order valence-electron chi connectivity index (χ3n) is 6.82. The topological polar surface area (TPSA) is 52.6 Å². The van der Waals surface area contributed by atoms with E-state index >= 15 is 0 Å². The van der Waals surface area contributed by atoms with E-state index in [2.05, 4.69) is 0 Å². The lowest BCUT2D eigenvalue weighted by molar-refractivity contribution is -0.176. The zero-order valence-electron chi connectivity index (χ0n) is 16.7. The lowest BCUT2D eigenvalue weighted by atomic mass is 9.84. The van der Waals surface area contributed by atoms with E-state index in [-0.39, 0.29) is 12.0 Å². The average Bonchev–Trinajstić information content (AvgIpc) is 2.95. The number of fused-ring (bicyclic) bond motifs is 2. The van der Waals surface area contributed by atoms with Gasteiger partial charge in [-0.2, -0.15) is 0 Å². The highest BCUT2D eigenvalue weighted by molar-refractivity contribution is 7.93. The summed E-state index contributed by atoms with van der Waals surface area (Å²) < 4.78 is 39.1. The third-order valence-corrected chi connectivity index (χ3v) is 9.45. The van der Waals surface area contributed by atoms with Crippen molar-refractivity contribution < 1.29 is 17.9 Å². The number of hydrogen-bond acceptors (Lipinski definition) is 4. The van der Waals surface area contributed by atoms with Gasteiger partial charge in [-0.1, -0.05) is 55.5 Å². The van der Waals surface area contributed by atoms with Gasteiger partial charge in [-0.15, -0.1) is 0 Å². The summed E-state index contributed by atoms with van der Waals surface area (Å²) in [4.78, 5) is 0.353. The Labute approximate surface area is 167 Å². The van der Waals surface area contributed by atoms with E-state index < -0.39 is 26.3 Å². The second-order valence-corrected chi connectivity index (χ2v) is 10.8. The van der Waals surface area contributed by atoms with Crippen molar-refractivity contribution in [2.75, 3.05) is 0 Å². The van der Waals surface area contributed by atoms with E-state index in [9.17, 15) is 8.42 Å². The molecule has 0 saturated carbocycles. The fourth-order valence-corrected chi connectivity index (χ4v) is 7.12. The van der Waals surface area contributed by atoms with E-state index in [1.54, 1.807) is 24.3 Å². The molecule has 0 aromatic heterocycles. The molecule has 0 aliphatic carbocycles. The fourth-order valence-electron chi connectivity index (χ4n) is 4.87. The lowest BCUT2D eigenvalue weighted by Gasteiger charge is -2.44. The van der Waals surface area contributed by atoms with Crippen molar-refractivity contribution in [1.82, 2.24) is 0 Å². The Bertz CT molecular complexity index is 928. The van der Waals surface area contributed by atoms with Gasteiger partial charge in [0.1, 0.15) is 10.9 Å². The summed E-state index contributed by atoms with van der Waals surface area (Å²) in [6.07, 6.45) is 1.03. The van der Waals surface area contributed by atoms with Gasteiger partial charge in [-0.3, -0.25) is 0 Å². The van der Waals surface area contributed by atoms with Crippen LogP contribution in [-0.4, -0.2) is 31.0 Å². The van der Waals surface area contributed by atoms with E-state index in [1.165, 1.54) is 0 Å². The summed E-state index contributed by atoms with van der Waals surface area (Å²) in [6, 6.07) is 18.7. The Kier molecular flexibility index (Phi) is 4.89. The van der Waals surface area contributed by atoms with E-state index in [1.807, 2.05) is 57.2 Å². The summed E-state index contributed by atoms with van der Waals surface area (Å²) in [7, 11) is -3.60. The van der Waals surface area contributed by atoms with Crippen molar-refractivity contribution in [2.45, 2.75) is 67.7 Å². The van der Waals surface area contributed by atoms with Crippen LogP contribution >= 0.6 is 0 Å². The molecular weight excluding hydrogens is 372 g/mol. The van der Waals surface area contributed by atoms with Crippen molar-refractivity contribution in [3.63, 3.8) is 0 Å². The van der Waals surface area contributed by atoms with Crippen LogP contribution in [0.3, 0.4) is 0 Å². The third kappa shape index (κ3) is 2.92. The zero-order valence-corrected chi connectivity index (χ0v) is 17.5. The highest BCUT2D eigenvalue weighted by atomic mass is 32.2. The van der Waals surface area contributed by atoms with Gasteiger partial charge in [-0.25, -0.2) is 8.42 Å². The summed E-state index contributed by atoms with van der Waals surface area (Å²) in [6.45, 7) is 6.31. The molecule has 0 N–H and O–H groups in total. The first kappa shape index (κ1) is 19.6. The van der Waals surface area contributed by atoms with Gasteiger partial charge < -0.3 is 9.47 Å². The Morgan fingerprint density at radius 1 is 1.04 bits per heavy atom. The first-order valence-corrected chi connectivity index (χ1v) is 11.4. The van der Waals surface area contributed by atoms with E-state index in [0.717, 1.165) is 18.4 Å².